The maximum absolute atomic E-state index is 12.8. The molecule has 0 bridgehead atoms. The summed E-state index contributed by atoms with van der Waals surface area (Å²) in [4.78, 5) is 14.4. The van der Waals surface area contributed by atoms with Gasteiger partial charge in [0.1, 0.15) is 0 Å². The molecule has 0 spiro atoms. The number of halogens is 3. The second-order valence-corrected chi connectivity index (χ2v) is 8.87. The molecule has 1 aromatic heterocycles. The molecule has 3 nitrogen and oxygen atoms in total. The quantitative estimate of drug-likeness (QED) is 0.324. The van der Waals surface area contributed by atoms with Crippen molar-refractivity contribution in [1.29, 1.82) is 0 Å². The van der Waals surface area contributed by atoms with Crippen molar-refractivity contribution in [3.8, 4) is 0 Å². The minimum Gasteiger partial charge on any atom is -0.347 e. The van der Waals surface area contributed by atoms with Crippen LogP contribution in [0.15, 0.2) is 73.4 Å². The van der Waals surface area contributed by atoms with Crippen molar-refractivity contribution in [2.75, 3.05) is 0 Å². The molecule has 0 aliphatic carbocycles. The molecule has 28 heavy (non-hydrogen) atoms. The molecule has 3 aromatic rings. The number of hydrogen-bond donors (Lipinski definition) is 0. The van der Waals surface area contributed by atoms with Gasteiger partial charge in [-0.3, -0.25) is 4.79 Å². The largest absolute Gasteiger partial charge is 0.347 e. The number of nitrogens with zero attached hydrogens (tertiary/aromatic N) is 2. The van der Waals surface area contributed by atoms with Crippen molar-refractivity contribution in [3.05, 3.63) is 84.6 Å². The van der Waals surface area contributed by atoms with Gasteiger partial charge in [0, 0.05) is 36.7 Å². The molecule has 0 atom stereocenters. The second kappa shape index (κ2) is 9.04. The molecule has 0 fully saturated rings. The monoisotopic (exact) mass is 434 g/mol. The first-order valence-electron chi connectivity index (χ1n) is 8.98. The summed E-state index contributed by atoms with van der Waals surface area (Å²) < 4.78 is 0.169. The van der Waals surface area contributed by atoms with Crippen molar-refractivity contribution in [2.24, 2.45) is 0 Å². The summed E-state index contributed by atoms with van der Waals surface area (Å²) in [7, 11) is 0. The Balaban J connectivity index is 1.96. The molecular formula is C22H21Cl3N2O. The van der Waals surface area contributed by atoms with Gasteiger partial charge in [-0.1, -0.05) is 89.4 Å². The zero-order chi connectivity index (χ0) is 20.1. The van der Waals surface area contributed by atoms with E-state index in [1.165, 1.54) is 0 Å². The Hall–Kier alpha value is -1.94. The Labute approximate surface area is 180 Å². The molecule has 0 N–H and O–H groups in total. The van der Waals surface area contributed by atoms with Crippen LogP contribution in [-0.2, 0) is 24.4 Å². The van der Waals surface area contributed by atoms with Gasteiger partial charge in [-0.15, -0.1) is 6.58 Å². The summed E-state index contributed by atoms with van der Waals surface area (Å²) in [6, 6.07) is 17.8. The number of rotatable bonds is 7. The number of aromatic nitrogens is 1. The lowest BCUT2D eigenvalue weighted by atomic mass is 10.1. The highest BCUT2D eigenvalue weighted by molar-refractivity contribution is 6.76. The zero-order valence-corrected chi connectivity index (χ0v) is 17.6. The van der Waals surface area contributed by atoms with Gasteiger partial charge < -0.3 is 9.47 Å². The highest BCUT2D eigenvalue weighted by Gasteiger charge is 2.35. The fourth-order valence-electron chi connectivity index (χ4n) is 3.25. The van der Waals surface area contributed by atoms with Crippen LogP contribution in [0, 0.1) is 0 Å². The molecule has 0 saturated heterocycles. The summed E-state index contributed by atoms with van der Waals surface area (Å²) >= 11 is 17.8. The van der Waals surface area contributed by atoms with Crippen LogP contribution in [0.3, 0.4) is 0 Å². The fraction of sp³-hybridized carbons (Fsp3) is 0.227. The molecule has 0 radical (unpaired) electrons. The van der Waals surface area contributed by atoms with Crippen LogP contribution in [-0.4, -0.2) is 19.2 Å². The number of amides is 1. The molecule has 146 valence electrons. The highest BCUT2D eigenvalue weighted by atomic mass is 35.6. The molecule has 0 aliphatic rings. The molecule has 3 rings (SSSR count). The third kappa shape index (κ3) is 4.91. The number of fused-ring (bicyclic) bond motifs is 1. The van der Waals surface area contributed by atoms with E-state index in [9.17, 15) is 4.79 Å². The van der Waals surface area contributed by atoms with Gasteiger partial charge in [0.15, 0.2) is 0 Å². The number of carbonyl (C=O) groups excluding carboxylic acids is 1. The van der Waals surface area contributed by atoms with E-state index in [1.54, 1.807) is 4.90 Å². The lowest BCUT2D eigenvalue weighted by molar-refractivity contribution is -0.131. The third-order valence-corrected chi connectivity index (χ3v) is 5.04. The lowest BCUT2D eigenvalue weighted by Gasteiger charge is -2.26. The topological polar surface area (TPSA) is 25.2 Å². The zero-order valence-electron chi connectivity index (χ0n) is 15.3. The van der Waals surface area contributed by atoms with E-state index < -0.39 is 9.70 Å². The second-order valence-electron chi connectivity index (χ2n) is 6.59. The van der Waals surface area contributed by atoms with Crippen molar-refractivity contribution >= 4 is 51.6 Å². The molecule has 0 unspecified atom stereocenters. The van der Waals surface area contributed by atoms with E-state index in [-0.39, 0.29) is 0 Å². The average Bonchev–Trinajstić information content (AvgIpc) is 3.03. The van der Waals surface area contributed by atoms with Crippen LogP contribution < -0.4 is 0 Å². The Kier molecular flexibility index (Phi) is 6.71. The number of allylic oxidation sites excluding steroid dienone is 1. The third-order valence-electron chi connectivity index (χ3n) is 4.55. The van der Waals surface area contributed by atoms with Crippen molar-refractivity contribution in [1.82, 2.24) is 9.47 Å². The minimum absolute atomic E-state index is 0.350. The van der Waals surface area contributed by atoms with E-state index >= 15 is 0 Å². The Bertz CT molecular complexity index is 961. The van der Waals surface area contributed by atoms with Gasteiger partial charge in [-0.2, -0.15) is 0 Å². The standard InChI is InChI=1S/C22H21Cl3N2O/c1-2-3-13-26-15-18(19-11-7-8-12-20(19)26)16-27(21(28)22(23,24)25)14-17-9-5-4-6-10-17/h2,4-12,15H,1,3,13-14,16H2. The Morgan fingerprint density at radius 1 is 1.04 bits per heavy atom. The lowest BCUT2D eigenvalue weighted by Crippen LogP contribution is -2.38. The highest BCUT2D eigenvalue weighted by Crippen LogP contribution is 2.31. The van der Waals surface area contributed by atoms with Crippen molar-refractivity contribution < 1.29 is 4.79 Å². The summed E-state index contributed by atoms with van der Waals surface area (Å²) in [5, 5.41) is 1.08. The summed E-state index contributed by atoms with van der Waals surface area (Å²) in [6.07, 6.45) is 4.82. The predicted molar refractivity (Wildman–Crippen MR) is 118 cm³/mol. The van der Waals surface area contributed by atoms with Crippen LogP contribution in [0.5, 0.6) is 0 Å². The van der Waals surface area contributed by atoms with Gasteiger partial charge in [0.2, 0.25) is 0 Å². The van der Waals surface area contributed by atoms with Crippen LogP contribution in [0.25, 0.3) is 10.9 Å². The first-order valence-corrected chi connectivity index (χ1v) is 10.1. The summed E-state index contributed by atoms with van der Waals surface area (Å²) in [5.41, 5.74) is 3.10. The number of benzene rings is 2. The predicted octanol–water partition coefficient (Wildman–Crippen LogP) is 6.12. The molecule has 1 heterocycles. The summed E-state index contributed by atoms with van der Waals surface area (Å²) in [5.74, 6) is -0.538. The van der Waals surface area contributed by atoms with Crippen LogP contribution in [0.1, 0.15) is 17.5 Å². The number of carbonyl (C=O) groups is 1. The van der Waals surface area contributed by atoms with Gasteiger partial charge in [-0.25, -0.2) is 0 Å². The van der Waals surface area contributed by atoms with Gasteiger partial charge in [-0.05, 0) is 23.6 Å². The van der Waals surface area contributed by atoms with E-state index in [1.807, 2.05) is 48.5 Å². The molecular weight excluding hydrogens is 415 g/mol. The van der Waals surface area contributed by atoms with Gasteiger partial charge in [0.05, 0.1) is 0 Å². The van der Waals surface area contributed by atoms with Crippen molar-refractivity contribution in [2.45, 2.75) is 29.8 Å². The van der Waals surface area contributed by atoms with Crippen LogP contribution in [0.4, 0.5) is 0 Å². The average molecular weight is 436 g/mol. The molecule has 0 aliphatic heterocycles. The van der Waals surface area contributed by atoms with Crippen LogP contribution >= 0.6 is 34.8 Å². The van der Waals surface area contributed by atoms with Crippen molar-refractivity contribution in [3.63, 3.8) is 0 Å². The Morgan fingerprint density at radius 2 is 1.71 bits per heavy atom. The van der Waals surface area contributed by atoms with Gasteiger partial charge >= 0.3 is 0 Å². The summed E-state index contributed by atoms with van der Waals surface area (Å²) in [6.45, 7) is 5.33. The molecule has 2 aromatic carbocycles. The van der Waals surface area contributed by atoms with Gasteiger partial charge in [0.25, 0.3) is 9.70 Å². The molecule has 6 heteroatoms. The molecule has 0 saturated carbocycles. The normalized spacial score (nSPS) is 11.5. The number of alkyl halides is 3. The van der Waals surface area contributed by atoms with Crippen LogP contribution in [0.2, 0.25) is 0 Å². The maximum atomic E-state index is 12.8. The Morgan fingerprint density at radius 3 is 2.39 bits per heavy atom. The fourth-order valence-corrected chi connectivity index (χ4v) is 3.61. The smallest absolute Gasteiger partial charge is 0.275 e. The van der Waals surface area contributed by atoms with E-state index in [4.69, 9.17) is 34.8 Å². The minimum atomic E-state index is -2.00. The number of hydrogen-bond acceptors (Lipinski definition) is 1. The van der Waals surface area contributed by atoms with E-state index in [0.717, 1.165) is 35.0 Å². The van der Waals surface area contributed by atoms with E-state index in [0.29, 0.717) is 13.1 Å². The number of aryl methyl sites for hydroxylation is 1. The molecule has 1 amide bonds. The first kappa shape index (κ1) is 20.8. The number of para-hydroxylation sites is 1. The van der Waals surface area contributed by atoms with E-state index in [2.05, 4.69) is 29.5 Å². The first-order chi connectivity index (χ1) is 13.4. The maximum Gasteiger partial charge on any atom is 0.275 e. The SMILES string of the molecule is C=CCCn1cc(CN(Cc2ccccc2)C(=O)C(Cl)(Cl)Cl)c2ccccc21.